The number of benzene rings is 1. The van der Waals surface area contributed by atoms with E-state index in [0.717, 1.165) is 29.8 Å². The van der Waals surface area contributed by atoms with Gasteiger partial charge in [-0.05, 0) is 18.1 Å². The maximum Gasteiger partial charge on any atom is 0.194 e. The molecule has 0 atom stereocenters. The Hall–Kier alpha value is -1.92. The molecule has 5 nitrogen and oxygen atoms in total. The largest absolute Gasteiger partial charge is 0.380 e. The van der Waals surface area contributed by atoms with Gasteiger partial charge in [-0.1, -0.05) is 24.3 Å². The van der Waals surface area contributed by atoms with Crippen LogP contribution < -0.4 is 5.32 Å². The van der Waals surface area contributed by atoms with E-state index in [4.69, 9.17) is 4.74 Å². The lowest BCUT2D eigenvalue weighted by Crippen LogP contribution is -2.38. The summed E-state index contributed by atoms with van der Waals surface area (Å²) in [5.74, 6) is 0.854. The van der Waals surface area contributed by atoms with Gasteiger partial charge in [0.05, 0.1) is 23.9 Å². The first-order chi connectivity index (χ1) is 11.1. The highest BCUT2D eigenvalue weighted by Crippen LogP contribution is 2.10. The summed E-state index contributed by atoms with van der Waals surface area (Å²) in [5.41, 5.74) is 3.45. The van der Waals surface area contributed by atoms with Gasteiger partial charge in [0, 0.05) is 33.1 Å². The van der Waals surface area contributed by atoms with Gasteiger partial charge < -0.3 is 15.0 Å². The maximum absolute atomic E-state index is 5.18. The van der Waals surface area contributed by atoms with Crippen LogP contribution in [0.2, 0.25) is 0 Å². The molecular weight excluding hydrogens is 308 g/mol. The lowest BCUT2D eigenvalue weighted by Gasteiger charge is -2.21. The summed E-state index contributed by atoms with van der Waals surface area (Å²) in [6.45, 7) is 4.12. The van der Waals surface area contributed by atoms with E-state index < -0.39 is 0 Å². The SMILES string of the molecule is CN=C(NCc1cccc(COC)c1)N(C)Cc1csc(C)n1. The Balaban J connectivity index is 1.93. The van der Waals surface area contributed by atoms with Crippen molar-refractivity contribution in [3.05, 3.63) is 51.5 Å². The van der Waals surface area contributed by atoms with Gasteiger partial charge in [0.15, 0.2) is 5.96 Å². The third kappa shape index (κ3) is 5.33. The van der Waals surface area contributed by atoms with Gasteiger partial charge in [-0.15, -0.1) is 11.3 Å². The fourth-order valence-electron chi connectivity index (χ4n) is 2.36. The highest BCUT2D eigenvalue weighted by atomic mass is 32.1. The molecule has 0 radical (unpaired) electrons. The van der Waals surface area contributed by atoms with Gasteiger partial charge in [-0.2, -0.15) is 0 Å². The molecule has 0 bridgehead atoms. The molecule has 124 valence electrons. The zero-order valence-corrected chi connectivity index (χ0v) is 15.0. The Morgan fingerprint density at radius 3 is 2.83 bits per heavy atom. The minimum absolute atomic E-state index is 0.631. The number of rotatable bonds is 6. The van der Waals surface area contributed by atoms with Crippen LogP contribution >= 0.6 is 11.3 Å². The van der Waals surface area contributed by atoms with E-state index in [2.05, 4.69) is 49.8 Å². The second kappa shape index (κ2) is 8.64. The number of ether oxygens (including phenoxy) is 1. The first-order valence-electron chi connectivity index (χ1n) is 7.52. The summed E-state index contributed by atoms with van der Waals surface area (Å²) < 4.78 is 5.18. The average molecular weight is 332 g/mol. The quantitative estimate of drug-likeness (QED) is 0.653. The Morgan fingerprint density at radius 1 is 1.39 bits per heavy atom. The molecule has 6 heteroatoms. The number of thiazole rings is 1. The normalized spacial score (nSPS) is 11.6. The molecule has 0 aliphatic carbocycles. The minimum atomic E-state index is 0.631. The summed E-state index contributed by atoms with van der Waals surface area (Å²) in [5, 5.41) is 6.57. The molecule has 0 saturated carbocycles. The molecule has 0 spiro atoms. The second-order valence-electron chi connectivity index (χ2n) is 5.37. The number of aryl methyl sites for hydroxylation is 1. The fraction of sp³-hybridized carbons (Fsp3) is 0.412. The molecule has 1 N–H and O–H groups in total. The van der Waals surface area contributed by atoms with Crippen molar-refractivity contribution in [2.75, 3.05) is 21.2 Å². The van der Waals surface area contributed by atoms with Crippen molar-refractivity contribution in [2.45, 2.75) is 26.6 Å². The maximum atomic E-state index is 5.18. The van der Waals surface area contributed by atoms with E-state index in [-0.39, 0.29) is 0 Å². The predicted molar refractivity (Wildman–Crippen MR) is 95.7 cm³/mol. The summed E-state index contributed by atoms with van der Waals surface area (Å²) in [6.07, 6.45) is 0. The van der Waals surface area contributed by atoms with Crippen LogP contribution in [0.25, 0.3) is 0 Å². The first-order valence-corrected chi connectivity index (χ1v) is 8.40. The topological polar surface area (TPSA) is 49.8 Å². The molecule has 0 unspecified atom stereocenters. The Bertz CT molecular complexity index is 654. The monoisotopic (exact) mass is 332 g/mol. The van der Waals surface area contributed by atoms with Gasteiger partial charge in [-0.25, -0.2) is 4.98 Å². The zero-order chi connectivity index (χ0) is 16.7. The number of aliphatic imine (C=N–C) groups is 1. The highest BCUT2D eigenvalue weighted by molar-refractivity contribution is 7.09. The highest BCUT2D eigenvalue weighted by Gasteiger charge is 2.08. The number of nitrogens with one attached hydrogen (secondary N) is 1. The van der Waals surface area contributed by atoms with E-state index in [1.807, 2.05) is 14.0 Å². The van der Waals surface area contributed by atoms with Crippen molar-refractivity contribution < 1.29 is 4.74 Å². The molecule has 0 saturated heterocycles. The number of hydrogen-bond donors (Lipinski definition) is 1. The molecule has 1 aromatic carbocycles. The molecule has 0 aliphatic heterocycles. The lowest BCUT2D eigenvalue weighted by molar-refractivity contribution is 0.185. The van der Waals surface area contributed by atoms with Crippen LogP contribution in [0.15, 0.2) is 34.6 Å². The van der Waals surface area contributed by atoms with Gasteiger partial charge in [0.2, 0.25) is 0 Å². The van der Waals surface area contributed by atoms with Crippen molar-refractivity contribution in [3.8, 4) is 0 Å². The van der Waals surface area contributed by atoms with Crippen molar-refractivity contribution in [2.24, 2.45) is 4.99 Å². The van der Waals surface area contributed by atoms with Crippen molar-refractivity contribution in [1.82, 2.24) is 15.2 Å². The number of guanidine groups is 1. The van der Waals surface area contributed by atoms with E-state index in [0.29, 0.717) is 6.61 Å². The van der Waals surface area contributed by atoms with E-state index in [1.54, 1.807) is 25.5 Å². The van der Waals surface area contributed by atoms with Crippen molar-refractivity contribution in [1.29, 1.82) is 0 Å². The van der Waals surface area contributed by atoms with Crippen LogP contribution in [0.1, 0.15) is 21.8 Å². The third-order valence-corrected chi connectivity index (χ3v) is 4.21. The Kier molecular flexibility index (Phi) is 6.55. The molecule has 1 aromatic heterocycles. The van der Waals surface area contributed by atoms with Gasteiger partial charge in [0.1, 0.15) is 0 Å². The smallest absolute Gasteiger partial charge is 0.194 e. The summed E-state index contributed by atoms with van der Waals surface area (Å²) in [4.78, 5) is 10.9. The molecule has 1 heterocycles. The molecular formula is C17H24N4OS. The van der Waals surface area contributed by atoms with E-state index in [9.17, 15) is 0 Å². The second-order valence-corrected chi connectivity index (χ2v) is 6.43. The Morgan fingerprint density at radius 2 is 2.17 bits per heavy atom. The number of aromatic nitrogens is 1. The average Bonchev–Trinajstić information content (AvgIpc) is 2.93. The van der Waals surface area contributed by atoms with Crippen LogP contribution in [-0.2, 0) is 24.4 Å². The van der Waals surface area contributed by atoms with Crippen LogP contribution in [0.5, 0.6) is 0 Å². The third-order valence-electron chi connectivity index (χ3n) is 3.39. The standard InChI is InChI=1S/C17H24N4OS/c1-13-20-16(12-23-13)10-21(3)17(18-2)19-9-14-6-5-7-15(8-14)11-22-4/h5-8,12H,9-11H2,1-4H3,(H,18,19). The van der Waals surface area contributed by atoms with Gasteiger partial charge in [0.25, 0.3) is 0 Å². The molecule has 0 amide bonds. The fourth-order valence-corrected chi connectivity index (χ4v) is 2.96. The van der Waals surface area contributed by atoms with Gasteiger partial charge in [-0.3, -0.25) is 4.99 Å². The van der Waals surface area contributed by atoms with E-state index in [1.165, 1.54) is 11.1 Å². The Labute approximate surface area is 142 Å². The molecule has 0 fully saturated rings. The summed E-state index contributed by atoms with van der Waals surface area (Å²) in [6, 6.07) is 8.37. The molecule has 2 aromatic rings. The van der Waals surface area contributed by atoms with Crippen LogP contribution in [0, 0.1) is 6.92 Å². The predicted octanol–water partition coefficient (Wildman–Crippen LogP) is 2.81. The lowest BCUT2D eigenvalue weighted by atomic mass is 10.1. The van der Waals surface area contributed by atoms with Crippen molar-refractivity contribution in [3.63, 3.8) is 0 Å². The summed E-state index contributed by atoms with van der Waals surface area (Å²) in [7, 11) is 5.53. The van der Waals surface area contributed by atoms with Crippen LogP contribution in [0.3, 0.4) is 0 Å². The minimum Gasteiger partial charge on any atom is -0.380 e. The summed E-state index contributed by atoms with van der Waals surface area (Å²) >= 11 is 1.67. The number of hydrogen-bond acceptors (Lipinski definition) is 4. The molecule has 23 heavy (non-hydrogen) atoms. The number of methoxy groups -OCH3 is 1. The number of nitrogens with zero attached hydrogens (tertiary/aromatic N) is 3. The zero-order valence-electron chi connectivity index (χ0n) is 14.2. The van der Waals surface area contributed by atoms with Crippen LogP contribution in [0.4, 0.5) is 0 Å². The van der Waals surface area contributed by atoms with Gasteiger partial charge >= 0.3 is 0 Å². The van der Waals surface area contributed by atoms with Crippen molar-refractivity contribution >= 4 is 17.3 Å². The van der Waals surface area contributed by atoms with E-state index >= 15 is 0 Å². The molecule has 0 aliphatic rings. The first kappa shape index (κ1) is 17.4. The molecule has 2 rings (SSSR count). The van der Waals surface area contributed by atoms with Crippen LogP contribution in [-0.4, -0.2) is 37.0 Å².